The maximum absolute atomic E-state index is 13.3. The summed E-state index contributed by atoms with van der Waals surface area (Å²) in [5.41, 5.74) is 3.63. The van der Waals surface area contributed by atoms with E-state index in [1.165, 1.54) is 0 Å². The van der Waals surface area contributed by atoms with E-state index in [2.05, 4.69) is 32.4 Å². The third kappa shape index (κ3) is 5.88. The van der Waals surface area contributed by atoms with E-state index in [4.69, 9.17) is 0 Å². The van der Waals surface area contributed by atoms with Crippen molar-refractivity contribution in [1.29, 1.82) is 0 Å². The van der Waals surface area contributed by atoms with Gasteiger partial charge in [0.1, 0.15) is 5.69 Å². The molecule has 34 heavy (non-hydrogen) atoms. The van der Waals surface area contributed by atoms with Crippen molar-refractivity contribution < 1.29 is 9.59 Å². The minimum absolute atomic E-state index is 0.0146. The molecule has 1 aromatic carbocycles. The number of amides is 2. The molecule has 8 heteroatoms. The number of pyridine rings is 1. The Morgan fingerprint density at radius 2 is 1.85 bits per heavy atom. The Kier molecular flexibility index (Phi) is 7.69. The van der Waals surface area contributed by atoms with E-state index >= 15 is 0 Å². The summed E-state index contributed by atoms with van der Waals surface area (Å²) >= 11 is 0. The van der Waals surface area contributed by atoms with Crippen LogP contribution in [0.15, 0.2) is 60.9 Å². The van der Waals surface area contributed by atoms with Crippen LogP contribution in [0.5, 0.6) is 0 Å². The SMILES string of the molecule is Cc1cc(C(=O)N2CCCN(Cc3ccncc3)C(c3ccccc3)CC(=O)NCC2)n(C)n1. The van der Waals surface area contributed by atoms with Gasteiger partial charge in [-0.1, -0.05) is 30.3 Å². The number of benzene rings is 1. The second-order valence-corrected chi connectivity index (χ2v) is 8.75. The van der Waals surface area contributed by atoms with E-state index in [1.807, 2.05) is 48.2 Å². The van der Waals surface area contributed by atoms with Crippen molar-refractivity contribution in [2.45, 2.75) is 32.4 Å². The highest BCUT2D eigenvalue weighted by molar-refractivity contribution is 5.92. The van der Waals surface area contributed by atoms with Crippen LogP contribution in [-0.2, 0) is 18.4 Å². The fraction of sp³-hybridized carbons (Fsp3) is 0.385. The smallest absolute Gasteiger partial charge is 0.272 e. The van der Waals surface area contributed by atoms with E-state index < -0.39 is 0 Å². The molecule has 178 valence electrons. The molecule has 8 nitrogen and oxygen atoms in total. The third-order valence-electron chi connectivity index (χ3n) is 6.22. The number of aryl methyl sites for hydroxylation is 2. The summed E-state index contributed by atoms with van der Waals surface area (Å²) in [4.78, 5) is 34.5. The molecule has 0 spiro atoms. The first kappa shape index (κ1) is 23.6. The zero-order chi connectivity index (χ0) is 23.9. The Labute approximate surface area is 200 Å². The zero-order valence-electron chi connectivity index (χ0n) is 19.9. The molecule has 0 saturated carbocycles. The standard InChI is InChI=1S/C26H32N6O2/c1-20-17-24(30(2)29-20)26(34)31-14-6-15-32(19-21-9-11-27-12-10-21)23(18-25(33)28-13-16-31)22-7-4-3-5-8-22/h3-5,7-12,17,23H,6,13-16,18-19H2,1-2H3,(H,28,33). The lowest BCUT2D eigenvalue weighted by atomic mass is 10.00. The summed E-state index contributed by atoms with van der Waals surface area (Å²) in [5, 5.41) is 7.35. The van der Waals surface area contributed by atoms with Crippen molar-refractivity contribution >= 4 is 11.8 Å². The maximum Gasteiger partial charge on any atom is 0.272 e. The topological polar surface area (TPSA) is 83.4 Å². The summed E-state index contributed by atoms with van der Waals surface area (Å²) in [5.74, 6) is -0.0730. The number of aromatic nitrogens is 3. The van der Waals surface area contributed by atoms with Crippen molar-refractivity contribution in [3.8, 4) is 0 Å². The van der Waals surface area contributed by atoms with Gasteiger partial charge >= 0.3 is 0 Å². The largest absolute Gasteiger partial charge is 0.354 e. The van der Waals surface area contributed by atoms with Crippen LogP contribution in [0.4, 0.5) is 0 Å². The lowest BCUT2D eigenvalue weighted by Crippen LogP contribution is -2.39. The molecule has 1 saturated heterocycles. The molecule has 1 aliphatic heterocycles. The van der Waals surface area contributed by atoms with Gasteiger partial charge in [0.15, 0.2) is 0 Å². The molecule has 1 aliphatic rings. The van der Waals surface area contributed by atoms with Crippen molar-refractivity contribution in [2.75, 3.05) is 26.2 Å². The quantitative estimate of drug-likeness (QED) is 0.647. The first-order valence-electron chi connectivity index (χ1n) is 11.8. The van der Waals surface area contributed by atoms with Crippen LogP contribution in [0, 0.1) is 6.92 Å². The molecular weight excluding hydrogens is 428 g/mol. The number of rotatable bonds is 4. The molecule has 0 bridgehead atoms. The van der Waals surface area contributed by atoms with Crippen molar-refractivity contribution in [1.82, 2.24) is 29.9 Å². The molecule has 2 amide bonds. The van der Waals surface area contributed by atoms with Crippen molar-refractivity contribution in [3.05, 3.63) is 83.4 Å². The Morgan fingerprint density at radius 3 is 2.56 bits per heavy atom. The van der Waals surface area contributed by atoms with Crippen LogP contribution >= 0.6 is 0 Å². The Bertz CT molecular complexity index is 1100. The molecular formula is C26H32N6O2. The number of carbonyl (C=O) groups excluding carboxylic acids is 2. The predicted molar refractivity (Wildman–Crippen MR) is 130 cm³/mol. The predicted octanol–water partition coefficient (Wildman–Crippen LogP) is 2.72. The average molecular weight is 461 g/mol. The van der Waals surface area contributed by atoms with E-state index in [0.29, 0.717) is 38.3 Å². The molecule has 1 fully saturated rings. The van der Waals surface area contributed by atoms with Crippen LogP contribution in [0.1, 0.15) is 46.2 Å². The van der Waals surface area contributed by atoms with Gasteiger partial charge in [0.25, 0.3) is 5.91 Å². The number of hydrogen-bond donors (Lipinski definition) is 1. The van der Waals surface area contributed by atoms with Gasteiger partial charge in [-0.2, -0.15) is 5.10 Å². The molecule has 1 atom stereocenters. The van der Waals surface area contributed by atoms with Gasteiger partial charge in [0.05, 0.1) is 5.69 Å². The number of nitrogens with one attached hydrogen (secondary N) is 1. The Morgan fingerprint density at radius 1 is 1.09 bits per heavy atom. The van der Waals surface area contributed by atoms with Crippen LogP contribution in [-0.4, -0.2) is 62.6 Å². The monoisotopic (exact) mass is 460 g/mol. The van der Waals surface area contributed by atoms with Gasteiger partial charge in [-0.15, -0.1) is 0 Å². The first-order chi connectivity index (χ1) is 16.5. The van der Waals surface area contributed by atoms with E-state index in [1.54, 1.807) is 24.1 Å². The van der Waals surface area contributed by atoms with E-state index in [9.17, 15) is 9.59 Å². The highest BCUT2D eigenvalue weighted by Crippen LogP contribution is 2.27. The fourth-order valence-electron chi connectivity index (χ4n) is 4.53. The molecule has 2 aromatic heterocycles. The number of hydrogen-bond acceptors (Lipinski definition) is 5. The first-order valence-corrected chi connectivity index (χ1v) is 11.8. The van der Waals surface area contributed by atoms with Crippen LogP contribution in [0.3, 0.4) is 0 Å². The van der Waals surface area contributed by atoms with Crippen molar-refractivity contribution in [3.63, 3.8) is 0 Å². The number of nitrogens with zero attached hydrogens (tertiary/aromatic N) is 5. The molecule has 0 radical (unpaired) electrons. The molecule has 1 unspecified atom stereocenters. The summed E-state index contributed by atoms with van der Waals surface area (Å²) < 4.78 is 1.63. The van der Waals surface area contributed by atoms with Gasteiger partial charge in [-0.05, 0) is 42.7 Å². The summed E-state index contributed by atoms with van der Waals surface area (Å²) in [6.45, 7) is 4.83. The highest BCUT2D eigenvalue weighted by Gasteiger charge is 2.26. The molecule has 3 aromatic rings. The molecule has 0 aliphatic carbocycles. The third-order valence-corrected chi connectivity index (χ3v) is 6.22. The van der Waals surface area contributed by atoms with Gasteiger partial charge in [-0.25, -0.2) is 0 Å². The van der Waals surface area contributed by atoms with Gasteiger partial charge in [0.2, 0.25) is 5.91 Å². The Balaban J connectivity index is 1.58. The minimum atomic E-state index is -0.0589. The summed E-state index contributed by atoms with van der Waals surface area (Å²) in [7, 11) is 1.79. The van der Waals surface area contributed by atoms with Crippen LogP contribution in [0.2, 0.25) is 0 Å². The highest BCUT2D eigenvalue weighted by atomic mass is 16.2. The second kappa shape index (κ2) is 11.1. The lowest BCUT2D eigenvalue weighted by Gasteiger charge is -2.32. The fourth-order valence-corrected chi connectivity index (χ4v) is 4.53. The zero-order valence-corrected chi connectivity index (χ0v) is 19.9. The van der Waals surface area contributed by atoms with Crippen LogP contribution < -0.4 is 5.32 Å². The minimum Gasteiger partial charge on any atom is -0.354 e. The maximum atomic E-state index is 13.3. The van der Waals surface area contributed by atoms with Gasteiger partial charge in [-0.3, -0.25) is 24.2 Å². The van der Waals surface area contributed by atoms with Crippen molar-refractivity contribution in [2.24, 2.45) is 7.05 Å². The van der Waals surface area contributed by atoms with Crippen LogP contribution in [0.25, 0.3) is 0 Å². The molecule has 3 heterocycles. The summed E-state index contributed by atoms with van der Waals surface area (Å²) in [6.07, 6.45) is 4.75. The summed E-state index contributed by atoms with van der Waals surface area (Å²) in [6, 6.07) is 15.9. The Hall–Kier alpha value is -3.52. The second-order valence-electron chi connectivity index (χ2n) is 8.75. The van der Waals surface area contributed by atoms with Gasteiger partial charge in [0, 0.05) is 64.6 Å². The molecule has 4 rings (SSSR count). The normalized spacial score (nSPS) is 18.2. The lowest BCUT2D eigenvalue weighted by molar-refractivity contribution is -0.122. The van der Waals surface area contributed by atoms with E-state index in [0.717, 1.165) is 29.8 Å². The van der Waals surface area contributed by atoms with Gasteiger partial charge < -0.3 is 10.2 Å². The number of carbonyl (C=O) groups is 2. The van der Waals surface area contributed by atoms with E-state index in [-0.39, 0.29) is 17.9 Å². The average Bonchev–Trinajstić information content (AvgIpc) is 3.17. The molecule has 1 N–H and O–H groups in total.